The van der Waals surface area contributed by atoms with Crippen LogP contribution >= 0.6 is 0 Å². The van der Waals surface area contributed by atoms with Crippen LogP contribution in [0.1, 0.15) is 51.1 Å². The van der Waals surface area contributed by atoms with Gasteiger partial charge in [-0.15, -0.1) is 0 Å². The molecule has 2 aromatic rings. The number of carbonyl (C=O) groups is 1. The molecule has 0 bridgehead atoms. The number of hydrogen-bond donors (Lipinski definition) is 1. The van der Waals surface area contributed by atoms with Gasteiger partial charge in [-0.05, 0) is 42.9 Å². The molecule has 8 heteroatoms. The molecular formula is C26H34N2O5S. The molecule has 2 aromatic carbocycles. The minimum absolute atomic E-state index is 0.00197. The van der Waals surface area contributed by atoms with Crippen LogP contribution in [0, 0.1) is 11.8 Å². The first-order valence-electron chi connectivity index (χ1n) is 12.1. The molecule has 1 atom stereocenters. The van der Waals surface area contributed by atoms with E-state index in [1.165, 1.54) is 4.31 Å². The van der Waals surface area contributed by atoms with Crippen LogP contribution in [0.15, 0.2) is 53.4 Å². The maximum Gasteiger partial charge on any atom is 0.243 e. The van der Waals surface area contributed by atoms with Gasteiger partial charge < -0.3 is 14.8 Å². The van der Waals surface area contributed by atoms with E-state index in [1.54, 1.807) is 18.2 Å². The summed E-state index contributed by atoms with van der Waals surface area (Å²) in [5.74, 6) is 1.27. The maximum atomic E-state index is 13.2. The first kappa shape index (κ1) is 24.5. The Morgan fingerprint density at radius 2 is 1.71 bits per heavy atom. The zero-order valence-electron chi connectivity index (χ0n) is 19.9. The number of benzene rings is 2. The predicted octanol–water partition coefficient (Wildman–Crippen LogP) is 4.15. The summed E-state index contributed by atoms with van der Waals surface area (Å²) >= 11 is 0. The van der Waals surface area contributed by atoms with Gasteiger partial charge in [0.2, 0.25) is 15.9 Å². The Balaban J connectivity index is 1.39. The summed E-state index contributed by atoms with van der Waals surface area (Å²) in [6.45, 7) is 5.97. The number of amides is 1. The number of fused-ring (bicyclic) bond motifs is 1. The molecule has 4 rings (SSSR count). The van der Waals surface area contributed by atoms with Crippen molar-refractivity contribution in [3.63, 3.8) is 0 Å². The molecule has 184 valence electrons. The third-order valence-electron chi connectivity index (χ3n) is 6.41. The third kappa shape index (κ3) is 5.73. The monoisotopic (exact) mass is 486 g/mol. The minimum Gasteiger partial charge on any atom is -0.490 e. The van der Waals surface area contributed by atoms with Crippen LogP contribution in [-0.2, 0) is 14.8 Å². The van der Waals surface area contributed by atoms with Crippen molar-refractivity contribution >= 4 is 15.9 Å². The van der Waals surface area contributed by atoms with Crippen molar-refractivity contribution in [2.45, 2.75) is 50.5 Å². The highest BCUT2D eigenvalue weighted by atomic mass is 32.2. The largest absolute Gasteiger partial charge is 0.490 e. The molecule has 2 aliphatic rings. The summed E-state index contributed by atoms with van der Waals surface area (Å²) in [6.07, 6.45) is 2.61. The molecule has 1 unspecified atom stereocenters. The molecule has 1 fully saturated rings. The van der Waals surface area contributed by atoms with Crippen molar-refractivity contribution in [2.75, 3.05) is 26.3 Å². The average Bonchev–Trinajstić information content (AvgIpc) is 3.09. The number of rotatable bonds is 7. The normalized spacial score (nSPS) is 18.3. The van der Waals surface area contributed by atoms with Crippen LogP contribution in [0.5, 0.6) is 11.5 Å². The predicted molar refractivity (Wildman–Crippen MR) is 130 cm³/mol. The van der Waals surface area contributed by atoms with Crippen molar-refractivity contribution in [1.29, 1.82) is 0 Å². The summed E-state index contributed by atoms with van der Waals surface area (Å²) in [4.78, 5) is 13.3. The highest BCUT2D eigenvalue weighted by Gasteiger charge is 2.33. The van der Waals surface area contributed by atoms with Crippen LogP contribution in [0.25, 0.3) is 0 Å². The zero-order valence-corrected chi connectivity index (χ0v) is 20.7. The van der Waals surface area contributed by atoms with Crippen LogP contribution in [-0.4, -0.2) is 44.9 Å². The van der Waals surface area contributed by atoms with Gasteiger partial charge in [-0.2, -0.15) is 4.31 Å². The van der Waals surface area contributed by atoms with E-state index in [-0.39, 0.29) is 22.8 Å². The summed E-state index contributed by atoms with van der Waals surface area (Å²) in [5.41, 5.74) is 1.10. The van der Waals surface area contributed by atoms with E-state index >= 15 is 0 Å². The van der Waals surface area contributed by atoms with Gasteiger partial charge >= 0.3 is 0 Å². The molecule has 34 heavy (non-hydrogen) atoms. The highest BCUT2D eigenvalue weighted by Crippen LogP contribution is 2.34. The van der Waals surface area contributed by atoms with Gasteiger partial charge in [0.1, 0.15) is 0 Å². The first-order chi connectivity index (χ1) is 16.3. The number of nitrogens with zero attached hydrogens (tertiary/aromatic N) is 1. The highest BCUT2D eigenvalue weighted by molar-refractivity contribution is 7.89. The van der Waals surface area contributed by atoms with E-state index in [1.807, 2.05) is 30.3 Å². The first-order valence-corrected chi connectivity index (χ1v) is 13.5. The lowest BCUT2D eigenvalue weighted by Crippen LogP contribution is -2.43. The number of piperidine rings is 1. The van der Waals surface area contributed by atoms with E-state index in [0.29, 0.717) is 56.6 Å². The van der Waals surface area contributed by atoms with Crippen molar-refractivity contribution in [2.24, 2.45) is 11.8 Å². The molecular weight excluding hydrogens is 452 g/mol. The van der Waals surface area contributed by atoms with Gasteiger partial charge in [0.15, 0.2) is 11.5 Å². The van der Waals surface area contributed by atoms with E-state index < -0.39 is 10.0 Å². The lowest BCUT2D eigenvalue weighted by molar-refractivity contribution is -0.127. The van der Waals surface area contributed by atoms with Crippen molar-refractivity contribution in [3.8, 4) is 11.5 Å². The smallest absolute Gasteiger partial charge is 0.243 e. The Bertz CT molecular complexity index is 1080. The number of ether oxygens (including phenoxy) is 2. The van der Waals surface area contributed by atoms with E-state index in [4.69, 9.17) is 9.47 Å². The van der Waals surface area contributed by atoms with Crippen LogP contribution in [0.3, 0.4) is 0 Å². The van der Waals surface area contributed by atoms with Gasteiger partial charge in [-0.25, -0.2) is 8.42 Å². The van der Waals surface area contributed by atoms with Crippen molar-refractivity contribution < 1.29 is 22.7 Å². The second-order valence-electron chi connectivity index (χ2n) is 9.44. The van der Waals surface area contributed by atoms with Gasteiger partial charge in [0, 0.05) is 31.5 Å². The Hall–Kier alpha value is -2.58. The summed E-state index contributed by atoms with van der Waals surface area (Å²) in [5, 5.41) is 3.22. The molecule has 2 heterocycles. The molecule has 0 saturated carbocycles. The molecule has 2 aliphatic heterocycles. The summed E-state index contributed by atoms with van der Waals surface area (Å²) in [7, 11) is -3.67. The molecule has 1 N–H and O–H groups in total. The zero-order chi connectivity index (χ0) is 24.1. The van der Waals surface area contributed by atoms with Gasteiger partial charge in [0.25, 0.3) is 0 Å². The van der Waals surface area contributed by atoms with Crippen molar-refractivity contribution in [3.05, 3.63) is 54.1 Å². The number of sulfonamides is 1. The van der Waals surface area contributed by atoms with Gasteiger partial charge in [-0.1, -0.05) is 44.2 Å². The van der Waals surface area contributed by atoms with E-state index in [0.717, 1.165) is 18.4 Å². The Kier molecular flexibility index (Phi) is 7.78. The maximum absolute atomic E-state index is 13.2. The average molecular weight is 487 g/mol. The second kappa shape index (κ2) is 10.8. The second-order valence-corrected chi connectivity index (χ2v) is 11.4. The SMILES string of the molecule is CC(C)CC(NC(=O)C1CCN(S(=O)(=O)c2ccc3c(c2)OCCCO3)CC1)c1ccccc1. The lowest BCUT2D eigenvalue weighted by Gasteiger charge is -2.32. The Morgan fingerprint density at radius 1 is 1.03 bits per heavy atom. The Labute approximate surface area is 202 Å². The Morgan fingerprint density at radius 3 is 2.38 bits per heavy atom. The quantitative estimate of drug-likeness (QED) is 0.636. The molecule has 7 nitrogen and oxygen atoms in total. The summed E-state index contributed by atoms with van der Waals surface area (Å²) < 4.78 is 39.2. The minimum atomic E-state index is -3.67. The van der Waals surface area contributed by atoms with Gasteiger partial charge in [0.05, 0.1) is 24.2 Å². The van der Waals surface area contributed by atoms with Crippen LogP contribution < -0.4 is 14.8 Å². The van der Waals surface area contributed by atoms with Crippen LogP contribution in [0.2, 0.25) is 0 Å². The standard InChI is InChI=1S/C26H34N2O5S/c1-19(2)17-23(20-7-4-3-5-8-20)27-26(29)21-11-13-28(14-12-21)34(30,31)22-9-10-24-25(18-22)33-16-6-15-32-24/h3-5,7-10,18-19,21,23H,6,11-17H2,1-2H3,(H,27,29). The molecule has 0 aliphatic carbocycles. The third-order valence-corrected chi connectivity index (χ3v) is 8.30. The van der Waals surface area contributed by atoms with Gasteiger partial charge in [-0.3, -0.25) is 4.79 Å². The number of nitrogens with one attached hydrogen (secondary N) is 1. The topological polar surface area (TPSA) is 84.9 Å². The van der Waals surface area contributed by atoms with E-state index in [9.17, 15) is 13.2 Å². The van der Waals surface area contributed by atoms with Crippen molar-refractivity contribution in [1.82, 2.24) is 9.62 Å². The molecule has 0 radical (unpaired) electrons. The molecule has 0 aromatic heterocycles. The molecule has 1 saturated heterocycles. The molecule has 1 amide bonds. The molecule has 0 spiro atoms. The fourth-order valence-corrected chi connectivity index (χ4v) is 6.02. The summed E-state index contributed by atoms with van der Waals surface area (Å²) in [6, 6.07) is 14.7. The fraction of sp³-hybridized carbons (Fsp3) is 0.500. The number of carbonyl (C=O) groups excluding carboxylic acids is 1. The lowest BCUT2D eigenvalue weighted by atomic mass is 9.93. The fourth-order valence-electron chi connectivity index (χ4n) is 4.54. The number of hydrogen-bond acceptors (Lipinski definition) is 5. The van der Waals surface area contributed by atoms with Crippen LogP contribution in [0.4, 0.5) is 0 Å². The van der Waals surface area contributed by atoms with E-state index in [2.05, 4.69) is 19.2 Å².